The SMILES string of the molecule is Cc1ccccc1NCC(=O)N/N=C\c1cc(Br)cs1. The molecule has 0 unspecified atom stereocenters. The number of carbonyl (C=O) groups excluding carboxylic acids is 1. The van der Waals surface area contributed by atoms with Crippen molar-refractivity contribution >= 4 is 45.1 Å². The molecule has 0 aliphatic heterocycles. The van der Waals surface area contributed by atoms with Crippen LogP contribution in [0.1, 0.15) is 10.4 Å². The molecule has 0 radical (unpaired) electrons. The van der Waals surface area contributed by atoms with Crippen molar-refractivity contribution in [3.8, 4) is 0 Å². The van der Waals surface area contributed by atoms with E-state index in [0.717, 1.165) is 20.6 Å². The molecule has 104 valence electrons. The topological polar surface area (TPSA) is 53.5 Å². The maximum Gasteiger partial charge on any atom is 0.259 e. The van der Waals surface area contributed by atoms with Gasteiger partial charge in [0.05, 0.1) is 12.8 Å². The molecule has 1 aromatic heterocycles. The summed E-state index contributed by atoms with van der Waals surface area (Å²) in [7, 11) is 0. The number of rotatable bonds is 5. The summed E-state index contributed by atoms with van der Waals surface area (Å²) in [6.07, 6.45) is 1.63. The van der Waals surface area contributed by atoms with Crippen molar-refractivity contribution in [2.45, 2.75) is 6.92 Å². The summed E-state index contributed by atoms with van der Waals surface area (Å²) >= 11 is 4.91. The number of hydrogen-bond donors (Lipinski definition) is 2. The molecule has 1 heterocycles. The number of aryl methyl sites for hydroxylation is 1. The number of nitrogens with zero attached hydrogens (tertiary/aromatic N) is 1. The number of benzene rings is 1. The molecule has 0 saturated carbocycles. The van der Waals surface area contributed by atoms with Crippen LogP contribution in [0.3, 0.4) is 0 Å². The molecule has 1 aromatic carbocycles. The maximum absolute atomic E-state index is 11.6. The van der Waals surface area contributed by atoms with Crippen LogP contribution in [-0.2, 0) is 4.79 Å². The van der Waals surface area contributed by atoms with Gasteiger partial charge in [0.25, 0.3) is 5.91 Å². The smallest absolute Gasteiger partial charge is 0.259 e. The van der Waals surface area contributed by atoms with Crippen molar-refractivity contribution in [3.63, 3.8) is 0 Å². The van der Waals surface area contributed by atoms with Crippen LogP contribution >= 0.6 is 27.3 Å². The predicted octanol–water partition coefficient (Wildman–Crippen LogP) is 3.38. The number of hydrogen-bond acceptors (Lipinski definition) is 4. The first-order chi connectivity index (χ1) is 9.65. The summed E-state index contributed by atoms with van der Waals surface area (Å²) in [6, 6.07) is 9.76. The Kier molecular flexibility index (Phi) is 5.31. The molecule has 1 amide bonds. The van der Waals surface area contributed by atoms with Crippen molar-refractivity contribution in [1.29, 1.82) is 0 Å². The number of para-hydroxylation sites is 1. The van der Waals surface area contributed by atoms with Gasteiger partial charge < -0.3 is 5.32 Å². The molecule has 4 nitrogen and oxygen atoms in total. The van der Waals surface area contributed by atoms with Gasteiger partial charge in [0.2, 0.25) is 0 Å². The van der Waals surface area contributed by atoms with Gasteiger partial charge in [0.15, 0.2) is 0 Å². The van der Waals surface area contributed by atoms with E-state index >= 15 is 0 Å². The Balaban J connectivity index is 1.78. The van der Waals surface area contributed by atoms with Gasteiger partial charge in [-0.1, -0.05) is 18.2 Å². The first-order valence-electron chi connectivity index (χ1n) is 6.00. The summed E-state index contributed by atoms with van der Waals surface area (Å²) in [6.45, 7) is 2.18. The first-order valence-corrected chi connectivity index (χ1v) is 7.68. The Morgan fingerprint density at radius 2 is 2.25 bits per heavy atom. The average Bonchev–Trinajstić information content (AvgIpc) is 2.83. The van der Waals surface area contributed by atoms with Gasteiger partial charge in [0.1, 0.15) is 0 Å². The van der Waals surface area contributed by atoms with Gasteiger partial charge >= 0.3 is 0 Å². The lowest BCUT2D eigenvalue weighted by atomic mass is 10.2. The second-order valence-electron chi connectivity index (χ2n) is 4.13. The lowest BCUT2D eigenvalue weighted by molar-refractivity contribution is -0.119. The standard InChI is InChI=1S/C14H14BrN3OS/c1-10-4-2-3-5-13(10)16-8-14(19)18-17-7-12-6-11(15)9-20-12/h2-7,9,16H,8H2,1H3,(H,18,19)/b17-7-. The number of hydrazone groups is 1. The Labute approximate surface area is 130 Å². The second-order valence-corrected chi connectivity index (χ2v) is 5.99. The van der Waals surface area contributed by atoms with E-state index in [9.17, 15) is 4.79 Å². The molecule has 0 aliphatic rings. The molecular formula is C14H14BrN3OS. The van der Waals surface area contributed by atoms with E-state index in [-0.39, 0.29) is 12.5 Å². The van der Waals surface area contributed by atoms with Crippen LogP contribution < -0.4 is 10.7 Å². The first kappa shape index (κ1) is 14.7. The third kappa shape index (κ3) is 4.47. The minimum Gasteiger partial charge on any atom is -0.376 e. The molecule has 0 saturated heterocycles. The third-order valence-electron chi connectivity index (χ3n) is 2.55. The third-order valence-corrected chi connectivity index (χ3v) is 4.18. The molecule has 0 atom stereocenters. The van der Waals surface area contributed by atoms with E-state index in [1.165, 1.54) is 0 Å². The highest BCUT2D eigenvalue weighted by Gasteiger charge is 2.01. The normalized spacial score (nSPS) is 10.7. The number of amides is 1. The molecule has 6 heteroatoms. The number of thiophene rings is 1. The lowest BCUT2D eigenvalue weighted by Gasteiger charge is -2.07. The van der Waals surface area contributed by atoms with E-state index in [1.54, 1.807) is 17.6 Å². The van der Waals surface area contributed by atoms with Crippen LogP contribution in [0, 0.1) is 6.92 Å². The van der Waals surface area contributed by atoms with Crippen molar-refractivity contribution in [1.82, 2.24) is 5.43 Å². The van der Waals surface area contributed by atoms with E-state index in [4.69, 9.17) is 0 Å². The Morgan fingerprint density at radius 1 is 1.45 bits per heavy atom. The molecule has 0 aliphatic carbocycles. The largest absolute Gasteiger partial charge is 0.376 e. The van der Waals surface area contributed by atoms with Crippen LogP contribution in [0.5, 0.6) is 0 Å². The fourth-order valence-corrected chi connectivity index (χ4v) is 2.85. The van der Waals surface area contributed by atoms with Crippen LogP contribution in [-0.4, -0.2) is 18.7 Å². The summed E-state index contributed by atoms with van der Waals surface area (Å²) in [4.78, 5) is 12.6. The lowest BCUT2D eigenvalue weighted by Crippen LogP contribution is -2.26. The molecule has 2 N–H and O–H groups in total. The number of halogens is 1. The Morgan fingerprint density at radius 3 is 2.95 bits per heavy atom. The monoisotopic (exact) mass is 351 g/mol. The zero-order valence-corrected chi connectivity index (χ0v) is 13.3. The average molecular weight is 352 g/mol. The highest BCUT2D eigenvalue weighted by atomic mass is 79.9. The zero-order chi connectivity index (χ0) is 14.4. The van der Waals surface area contributed by atoms with Gasteiger partial charge in [0, 0.05) is 20.4 Å². The minimum absolute atomic E-state index is 0.180. The molecular weight excluding hydrogens is 338 g/mol. The molecule has 2 rings (SSSR count). The van der Waals surface area contributed by atoms with E-state index < -0.39 is 0 Å². The minimum atomic E-state index is -0.180. The van der Waals surface area contributed by atoms with Crippen LogP contribution in [0.2, 0.25) is 0 Å². The molecule has 2 aromatic rings. The molecule has 20 heavy (non-hydrogen) atoms. The number of nitrogens with one attached hydrogen (secondary N) is 2. The highest BCUT2D eigenvalue weighted by Crippen LogP contribution is 2.17. The Bertz CT molecular complexity index is 624. The summed E-state index contributed by atoms with van der Waals surface area (Å²) in [5.74, 6) is -0.180. The van der Waals surface area contributed by atoms with Gasteiger partial charge in [-0.05, 0) is 40.5 Å². The Hall–Kier alpha value is -1.66. The number of anilines is 1. The van der Waals surface area contributed by atoms with Crippen molar-refractivity contribution in [2.24, 2.45) is 5.10 Å². The highest BCUT2D eigenvalue weighted by molar-refractivity contribution is 9.10. The van der Waals surface area contributed by atoms with Crippen molar-refractivity contribution in [3.05, 3.63) is 50.6 Å². The van der Waals surface area contributed by atoms with Gasteiger partial charge in [-0.3, -0.25) is 4.79 Å². The van der Waals surface area contributed by atoms with E-state index in [0.29, 0.717) is 0 Å². The fraction of sp³-hybridized carbons (Fsp3) is 0.143. The van der Waals surface area contributed by atoms with Gasteiger partial charge in [-0.2, -0.15) is 5.10 Å². The van der Waals surface area contributed by atoms with Crippen LogP contribution in [0.4, 0.5) is 5.69 Å². The van der Waals surface area contributed by atoms with Crippen LogP contribution in [0.25, 0.3) is 0 Å². The molecule has 0 fully saturated rings. The second kappa shape index (κ2) is 7.21. The van der Waals surface area contributed by atoms with Crippen LogP contribution in [0.15, 0.2) is 45.3 Å². The summed E-state index contributed by atoms with van der Waals surface area (Å²) < 4.78 is 1.01. The van der Waals surface area contributed by atoms with E-state index in [2.05, 4.69) is 31.8 Å². The predicted molar refractivity (Wildman–Crippen MR) is 87.4 cm³/mol. The van der Waals surface area contributed by atoms with Gasteiger partial charge in [-0.25, -0.2) is 5.43 Å². The molecule has 0 spiro atoms. The van der Waals surface area contributed by atoms with Crippen molar-refractivity contribution in [2.75, 3.05) is 11.9 Å². The summed E-state index contributed by atoms with van der Waals surface area (Å²) in [5.41, 5.74) is 4.55. The quantitative estimate of drug-likeness (QED) is 0.640. The zero-order valence-electron chi connectivity index (χ0n) is 10.9. The fourth-order valence-electron chi connectivity index (χ4n) is 1.55. The number of carbonyl (C=O) groups is 1. The van der Waals surface area contributed by atoms with E-state index in [1.807, 2.05) is 42.6 Å². The van der Waals surface area contributed by atoms with Gasteiger partial charge in [-0.15, -0.1) is 11.3 Å². The van der Waals surface area contributed by atoms with Crippen molar-refractivity contribution < 1.29 is 4.79 Å². The summed E-state index contributed by atoms with van der Waals surface area (Å²) in [5, 5.41) is 8.95. The molecule has 0 bridgehead atoms. The maximum atomic E-state index is 11.6.